The van der Waals surface area contributed by atoms with Crippen molar-refractivity contribution in [3.8, 4) is 22.6 Å². The molecule has 0 aliphatic carbocycles. The third-order valence-electron chi connectivity index (χ3n) is 3.27. The number of ether oxygens (including phenoxy) is 2. The van der Waals surface area contributed by atoms with Gasteiger partial charge in [0, 0.05) is 0 Å². The maximum atomic E-state index is 10.3. The van der Waals surface area contributed by atoms with E-state index >= 15 is 0 Å². The van der Waals surface area contributed by atoms with Crippen LogP contribution >= 0.6 is 0 Å². The van der Waals surface area contributed by atoms with Gasteiger partial charge in [0.1, 0.15) is 11.5 Å². The van der Waals surface area contributed by atoms with E-state index in [0.29, 0.717) is 0 Å². The van der Waals surface area contributed by atoms with E-state index in [4.69, 9.17) is 9.47 Å². The molecule has 3 nitrogen and oxygen atoms in total. The van der Waals surface area contributed by atoms with Crippen LogP contribution in [-0.4, -0.2) is 19.3 Å². The van der Waals surface area contributed by atoms with Gasteiger partial charge >= 0.3 is 0 Å². The zero-order chi connectivity index (χ0) is 14.8. The van der Waals surface area contributed by atoms with Crippen molar-refractivity contribution in [1.29, 1.82) is 0 Å². The molecule has 0 unspecified atom stereocenters. The molecule has 0 bridgehead atoms. The van der Waals surface area contributed by atoms with E-state index in [0.717, 1.165) is 28.2 Å². The number of benzene rings is 2. The van der Waals surface area contributed by atoms with Crippen molar-refractivity contribution in [1.82, 2.24) is 0 Å². The van der Waals surface area contributed by atoms with E-state index in [9.17, 15) is 5.11 Å². The Morgan fingerprint density at radius 3 is 2.15 bits per heavy atom. The zero-order valence-electron chi connectivity index (χ0n) is 12.3. The highest BCUT2D eigenvalue weighted by molar-refractivity contribution is 5.71. The largest absolute Gasteiger partial charge is 0.497 e. The van der Waals surface area contributed by atoms with Crippen molar-refractivity contribution >= 4 is 0 Å². The molecule has 0 fully saturated rings. The topological polar surface area (TPSA) is 38.7 Å². The summed E-state index contributed by atoms with van der Waals surface area (Å²) < 4.78 is 10.6. The molecule has 0 heterocycles. The van der Waals surface area contributed by atoms with Gasteiger partial charge in [-0.1, -0.05) is 18.2 Å². The maximum Gasteiger partial charge on any atom is 0.119 e. The molecular formula is C17H20O3. The van der Waals surface area contributed by atoms with Crippen molar-refractivity contribution in [2.75, 3.05) is 14.2 Å². The first kappa shape index (κ1) is 14.4. The van der Waals surface area contributed by atoms with Crippen LogP contribution in [-0.2, 0) is 5.60 Å². The van der Waals surface area contributed by atoms with Crippen molar-refractivity contribution in [3.05, 3.63) is 48.0 Å². The lowest BCUT2D eigenvalue weighted by Crippen LogP contribution is -2.16. The Kier molecular flexibility index (Phi) is 4.00. The Labute approximate surface area is 119 Å². The van der Waals surface area contributed by atoms with Crippen molar-refractivity contribution in [2.45, 2.75) is 19.4 Å². The molecule has 2 aromatic carbocycles. The minimum absolute atomic E-state index is 0.760. The van der Waals surface area contributed by atoms with Crippen LogP contribution in [0.3, 0.4) is 0 Å². The van der Waals surface area contributed by atoms with Gasteiger partial charge in [-0.25, -0.2) is 0 Å². The Hall–Kier alpha value is -2.00. The van der Waals surface area contributed by atoms with E-state index in [2.05, 4.69) is 0 Å². The summed E-state index contributed by atoms with van der Waals surface area (Å²) >= 11 is 0. The summed E-state index contributed by atoms with van der Waals surface area (Å²) in [5.41, 5.74) is 1.85. The molecule has 0 amide bonds. The lowest BCUT2D eigenvalue weighted by molar-refractivity contribution is 0.0791. The standard InChI is InChI=1S/C17H20O3/c1-17(2,18)16-9-8-14(20-4)11-15(16)12-6-5-7-13(10-12)19-3/h5-11,18H,1-4H3. The van der Waals surface area contributed by atoms with E-state index in [-0.39, 0.29) is 0 Å². The molecule has 1 N–H and O–H groups in total. The fraction of sp³-hybridized carbons (Fsp3) is 0.294. The highest BCUT2D eigenvalue weighted by Gasteiger charge is 2.21. The summed E-state index contributed by atoms with van der Waals surface area (Å²) in [4.78, 5) is 0. The molecular weight excluding hydrogens is 252 g/mol. The van der Waals surface area contributed by atoms with Crippen LogP contribution in [0.4, 0.5) is 0 Å². The SMILES string of the molecule is COc1cccc(-c2cc(OC)ccc2C(C)(C)O)c1. The third kappa shape index (κ3) is 2.94. The quantitative estimate of drug-likeness (QED) is 0.924. The molecule has 0 aromatic heterocycles. The Morgan fingerprint density at radius 2 is 1.55 bits per heavy atom. The van der Waals surface area contributed by atoms with E-state index in [1.54, 1.807) is 28.1 Å². The molecule has 3 heteroatoms. The van der Waals surface area contributed by atoms with Gasteiger partial charge in [-0.2, -0.15) is 0 Å². The first-order chi connectivity index (χ1) is 9.45. The van der Waals surface area contributed by atoms with Crippen LogP contribution in [0.1, 0.15) is 19.4 Å². The monoisotopic (exact) mass is 272 g/mol. The normalized spacial score (nSPS) is 11.2. The van der Waals surface area contributed by atoms with Gasteiger partial charge in [0.25, 0.3) is 0 Å². The van der Waals surface area contributed by atoms with Crippen LogP contribution in [0, 0.1) is 0 Å². The van der Waals surface area contributed by atoms with E-state index < -0.39 is 5.60 Å². The average molecular weight is 272 g/mol. The highest BCUT2D eigenvalue weighted by atomic mass is 16.5. The Morgan fingerprint density at radius 1 is 0.900 bits per heavy atom. The van der Waals surface area contributed by atoms with Gasteiger partial charge in [-0.3, -0.25) is 0 Å². The van der Waals surface area contributed by atoms with Crippen LogP contribution in [0.15, 0.2) is 42.5 Å². The number of hydrogen-bond donors (Lipinski definition) is 1. The van der Waals surface area contributed by atoms with E-state index in [1.165, 1.54) is 0 Å². The molecule has 0 atom stereocenters. The zero-order valence-corrected chi connectivity index (χ0v) is 12.3. The average Bonchev–Trinajstić information content (AvgIpc) is 2.45. The van der Waals surface area contributed by atoms with Crippen LogP contribution in [0.5, 0.6) is 11.5 Å². The van der Waals surface area contributed by atoms with Crippen LogP contribution in [0.25, 0.3) is 11.1 Å². The van der Waals surface area contributed by atoms with Crippen molar-refractivity contribution in [3.63, 3.8) is 0 Å². The summed E-state index contributed by atoms with van der Waals surface area (Å²) in [5, 5.41) is 10.3. The molecule has 0 aliphatic rings. The second kappa shape index (κ2) is 5.55. The second-order valence-corrected chi connectivity index (χ2v) is 5.20. The molecule has 20 heavy (non-hydrogen) atoms. The number of rotatable bonds is 4. The smallest absolute Gasteiger partial charge is 0.119 e. The number of aliphatic hydroxyl groups is 1. The summed E-state index contributed by atoms with van der Waals surface area (Å²) in [6, 6.07) is 13.5. The molecule has 0 saturated heterocycles. The van der Waals surface area contributed by atoms with Crippen LogP contribution < -0.4 is 9.47 Å². The Balaban J connectivity index is 2.63. The van der Waals surface area contributed by atoms with Crippen molar-refractivity contribution in [2.24, 2.45) is 0 Å². The van der Waals surface area contributed by atoms with Crippen LogP contribution in [0.2, 0.25) is 0 Å². The van der Waals surface area contributed by atoms with Crippen molar-refractivity contribution < 1.29 is 14.6 Å². The summed E-state index contributed by atoms with van der Waals surface area (Å²) in [5.74, 6) is 1.54. The first-order valence-corrected chi connectivity index (χ1v) is 6.51. The van der Waals surface area contributed by atoms with Gasteiger partial charge in [0.15, 0.2) is 0 Å². The molecule has 0 aliphatic heterocycles. The molecule has 0 spiro atoms. The fourth-order valence-electron chi connectivity index (χ4n) is 2.21. The second-order valence-electron chi connectivity index (χ2n) is 5.20. The molecule has 2 rings (SSSR count). The summed E-state index contributed by atoms with van der Waals surface area (Å²) in [6.07, 6.45) is 0. The van der Waals surface area contributed by atoms with Gasteiger partial charge in [-0.15, -0.1) is 0 Å². The maximum absolute atomic E-state index is 10.3. The summed E-state index contributed by atoms with van der Waals surface area (Å²) in [6.45, 7) is 3.55. The predicted molar refractivity (Wildman–Crippen MR) is 80.2 cm³/mol. The molecule has 0 saturated carbocycles. The molecule has 0 radical (unpaired) electrons. The Bertz CT molecular complexity index is 597. The summed E-state index contributed by atoms with van der Waals surface area (Å²) in [7, 11) is 3.27. The molecule has 106 valence electrons. The lowest BCUT2D eigenvalue weighted by Gasteiger charge is -2.22. The van der Waals surface area contributed by atoms with E-state index in [1.807, 2.05) is 42.5 Å². The van der Waals surface area contributed by atoms with Gasteiger partial charge in [0.05, 0.1) is 19.8 Å². The number of hydrogen-bond acceptors (Lipinski definition) is 3. The first-order valence-electron chi connectivity index (χ1n) is 6.51. The fourth-order valence-corrected chi connectivity index (χ4v) is 2.21. The third-order valence-corrected chi connectivity index (χ3v) is 3.27. The van der Waals surface area contributed by atoms with Gasteiger partial charge in [0.2, 0.25) is 0 Å². The molecule has 2 aromatic rings. The minimum Gasteiger partial charge on any atom is -0.497 e. The number of methoxy groups -OCH3 is 2. The van der Waals surface area contributed by atoms with Gasteiger partial charge < -0.3 is 14.6 Å². The minimum atomic E-state index is -0.926. The van der Waals surface area contributed by atoms with Gasteiger partial charge in [-0.05, 0) is 54.8 Å². The highest BCUT2D eigenvalue weighted by Crippen LogP contribution is 2.35. The lowest BCUT2D eigenvalue weighted by atomic mass is 9.89. The predicted octanol–water partition coefficient (Wildman–Crippen LogP) is 3.60.